The second-order valence-corrected chi connectivity index (χ2v) is 5.02. The molecule has 0 atom stereocenters. The van der Waals surface area contributed by atoms with Crippen LogP contribution in [0.3, 0.4) is 0 Å². The maximum Gasteiger partial charge on any atom is 0.219 e. The summed E-state index contributed by atoms with van der Waals surface area (Å²) in [5, 5.41) is 0. The fourth-order valence-corrected chi connectivity index (χ4v) is 2.29. The lowest BCUT2D eigenvalue weighted by molar-refractivity contribution is -0.129. The van der Waals surface area contributed by atoms with Crippen molar-refractivity contribution in [1.29, 1.82) is 0 Å². The number of rotatable bonds is 5. The minimum atomic E-state index is -0.265. The number of halogens is 1. The summed E-state index contributed by atoms with van der Waals surface area (Å²) in [4.78, 5) is 15.7. The normalized spacial score (nSPS) is 16.1. The van der Waals surface area contributed by atoms with Crippen molar-refractivity contribution in [3.63, 3.8) is 0 Å². The number of carbonyl (C=O) groups excluding carboxylic acids is 1. The topological polar surface area (TPSA) is 32.8 Å². The van der Waals surface area contributed by atoms with Gasteiger partial charge < -0.3 is 9.64 Å². The molecular weight excluding hydrogens is 259 g/mol. The molecule has 1 aromatic rings. The average Bonchev–Trinajstić information content (AvgIpc) is 2.44. The lowest BCUT2D eigenvalue weighted by Gasteiger charge is -2.29. The number of ether oxygens (including phenoxy) is 1. The molecule has 1 aromatic carbocycles. The van der Waals surface area contributed by atoms with E-state index in [2.05, 4.69) is 4.90 Å². The van der Waals surface area contributed by atoms with Gasteiger partial charge in [-0.05, 0) is 17.7 Å². The maximum atomic E-state index is 13.2. The minimum absolute atomic E-state index is 0.0162. The van der Waals surface area contributed by atoms with Crippen LogP contribution in [-0.4, -0.2) is 55.1 Å². The molecule has 0 aromatic heterocycles. The fourth-order valence-electron chi connectivity index (χ4n) is 2.29. The van der Waals surface area contributed by atoms with Crippen LogP contribution >= 0.6 is 0 Å². The van der Waals surface area contributed by atoms with Gasteiger partial charge in [0.1, 0.15) is 5.82 Å². The van der Waals surface area contributed by atoms with E-state index in [9.17, 15) is 9.18 Å². The van der Waals surface area contributed by atoms with Crippen molar-refractivity contribution in [3.8, 4) is 0 Å². The van der Waals surface area contributed by atoms with Crippen LogP contribution in [0.4, 0.5) is 4.39 Å². The molecule has 1 aliphatic rings. The average molecular weight is 280 g/mol. The molecule has 1 fully saturated rings. The molecule has 110 valence electrons. The second kappa shape index (κ2) is 7.36. The molecule has 1 amide bonds. The van der Waals surface area contributed by atoms with Gasteiger partial charge in [-0.3, -0.25) is 9.69 Å². The molecule has 0 N–H and O–H groups in total. The number of benzene rings is 1. The zero-order chi connectivity index (χ0) is 14.4. The highest BCUT2D eigenvalue weighted by molar-refractivity contribution is 5.73. The summed E-state index contributed by atoms with van der Waals surface area (Å²) in [7, 11) is 0. The van der Waals surface area contributed by atoms with Crippen molar-refractivity contribution in [1.82, 2.24) is 9.80 Å². The molecule has 1 saturated heterocycles. The molecular formula is C15H21FN2O2. The molecule has 5 heteroatoms. The van der Waals surface area contributed by atoms with Crippen molar-refractivity contribution < 1.29 is 13.9 Å². The van der Waals surface area contributed by atoms with Crippen LogP contribution in [0.15, 0.2) is 24.3 Å². The Kier molecular flexibility index (Phi) is 5.49. The Morgan fingerprint density at radius 2 is 2.15 bits per heavy atom. The van der Waals surface area contributed by atoms with E-state index in [0.717, 1.165) is 38.4 Å². The standard InChI is InChI=1S/C15H21FN2O2/c1-13(19)18(6-5-17-7-9-20-10-8-17)12-14-3-2-4-15(16)11-14/h2-4,11H,5-10,12H2,1H3. The van der Waals surface area contributed by atoms with Gasteiger partial charge in [0.15, 0.2) is 0 Å². The molecule has 0 aliphatic carbocycles. The summed E-state index contributed by atoms with van der Waals surface area (Å²) in [5.74, 6) is -0.248. The summed E-state index contributed by atoms with van der Waals surface area (Å²) in [6.45, 7) is 6.82. The first-order valence-corrected chi connectivity index (χ1v) is 6.95. The Balaban J connectivity index is 1.88. The molecule has 0 saturated carbocycles. The van der Waals surface area contributed by atoms with Gasteiger partial charge in [-0.25, -0.2) is 4.39 Å². The summed E-state index contributed by atoms with van der Waals surface area (Å²) in [5.41, 5.74) is 0.821. The zero-order valence-corrected chi connectivity index (χ0v) is 11.8. The van der Waals surface area contributed by atoms with Gasteiger partial charge >= 0.3 is 0 Å². The van der Waals surface area contributed by atoms with Gasteiger partial charge in [0.25, 0.3) is 0 Å². The van der Waals surface area contributed by atoms with Gasteiger partial charge in [-0.1, -0.05) is 12.1 Å². The van der Waals surface area contributed by atoms with Crippen molar-refractivity contribution in [2.24, 2.45) is 0 Å². The Morgan fingerprint density at radius 3 is 2.80 bits per heavy atom. The van der Waals surface area contributed by atoms with E-state index in [4.69, 9.17) is 4.74 Å². The molecule has 0 unspecified atom stereocenters. The van der Waals surface area contributed by atoms with E-state index in [1.807, 2.05) is 6.07 Å². The number of hydrogen-bond donors (Lipinski definition) is 0. The van der Waals surface area contributed by atoms with Crippen LogP contribution in [0.2, 0.25) is 0 Å². The Bertz CT molecular complexity index is 447. The van der Waals surface area contributed by atoms with Gasteiger partial charge in [0.05, 0.1) is 13.2 Å². The number of carbonyl (C=O) groups is 1. The zero-order valence-electron chi connectivity index (χ0n) is 11.8. The molecule has 20 heavy (non-hydrogen) atoms. The highest BCUT2D eigenvalue weighted by atomic mass is 19.1. The molecule has 1 heterocycles. The smallest absolute Gasteiger partial charge is 0.219 e. The summed E-state index contributed by atoms with van der Waals surface area (Å²) < 4.78 is 18.5. The Labute approximate surface area is 119 Å². The third kappa shape index (κ3) is 4.58. The number of hydrogen-bond acceptors (Lipinski definition) is 3. The first-order chi connectivity index (χ1) is 9.65. The van der Waals surface area contributed by atoms with Crippen LogP contribution in [-0.2, 0) is 16.1 Å². The van der Waals surface area contributed by atoms with E-state index in [-0.39, 0.29) is 11.7 Å². The van der Waals surface area contributed by atoms with E-state index in [1.165, 1.54) is 12.1 Å². The van der Waals surface area contributed by atoms with Crippen molar-refractivity contribution in [3.05, 3.63) is 35.6 Å². The molecule has 1 aliphatic heterocycles. The quantitative estimate of drug-likeness (QED) is 0.819. The van der Waals surface area contributed by atoms with Crippen molar-refractivity contribution in [2.75, 3.05) is 39.4 Å². The lowest BCUT2D eigenvalue weighted by atomic mass is 10.2. The Morgan fingerprint density at radius 1 is 1.40 bits per heavy atom. The first-order valence-electron chi connectivity index (χ1n) is 6.95. The van der Waals surface area contributed by atoms with Crippen LogP contribution in [0, 0.1) is 5.82 Å². The molecule has 0 bridgehead atoms. The van der Waals surface area contributed by atoms with E-state index in [1.54, 1.807) is 17.9 Å². The first kappa shape index (κ1) is 14.9. The van der Waals surface area contributed by atoms with Gasteiger partial charge in [-0.15, -0.1) is 0 Å². The molecule has 0 radical (unpaired) electrons. The number of nitrogens with zero attached hydrogens (tertiary/aromatic N) is 2. The largest absolute Gasteiger partial charge is 0.379 e. The summed E-state index contributed by atoms with van der Waals surface area (Å²) >= 11 is 0. The monoisotopic (exact) mass is 280 g/mol. The number of amides is 1. The fraction of sp³-hybridized carbons (Fsp3) is 0.533. The third-order valence-corrected chi connectivity index (χ3v) is 3.50. The van der Waals surface area contributed by atoms with E-state index < -0.39 is 0 Å². The second-order valence-electron chi connectivity index (χ2n) is 5.02. The third-order valence-electron chi connectivity index (χ3n) is 3.50. The van der Waals surface area contributed by atoms with E-state index >= 15 is 0 Å². The predicted molar refractivity (Wildman–Crippen MR) is 74.8 cm³/mol. The van der Waals surface area contributed by atoms with Crippen LogP contribution < -0.4 is 0 Å². The molecule has 2 rings (SSSR count). The van der Waals surface area contributed by atoms with Crippen molar-refractivity contribution in [2.45, 2.75) is 13.5 Å². The van der Waals surface area contributed by atoms with Crippen molar-refractivity contribution >= 4 is 5.91 Å². The predicted octanol–water partition coefficient (Wildman–Crippen LogP) is 1.51. The summed E-state index contributed by atoms with van der Waals surface area (Å²) in [6.07, 6.45) is 0. The highest BCUT2D eigenvalue weighted by Gasteiger charge is 2.14. The van der Waals surface area contributed by atoms with E-state index in [0.29, 0.717) is 13.1 Å². The van der Waals surface area contributed by atoms with Gasteiger partial charge in [0, 0.05) is 39.6 Å². The highest BCUT2D eigenvalue weighted by Crippen LogP contribution is 2.08. The SMILES string of the molecule is CC(=O)N(CCN1CCOCC1)Cc1cccc(F)c1. The van der Waals surface area contributed by atoms with Crippen LogP contribution in [0.5, 0.6) is 0 Å². The number of morpholine rings is 1. The Hall–Kier alpha value is -1.46. The van der Waals surface area contributed by atoms with Gasteiger partial charge in [0.2, 0.25) is 5.91 Å². The van der Waals surface area contributed by atoms with Crippen LogP contribution in [0.1, 0.15) is 12.5 Å². The summed E-state index contributed by atoms with van der Waals surface area (Å²) in [6, 6.07) is 6.40. The minimum Gasteiger partial charge on any atom is -0.379 e. The molecule has 4 nitrogen and oxygen atoms in total. The lowest BCUT2D eigenvalue weighted by Crippen LogP contribution is -2.42. The maximum absolute atomic E-state index is 13.2. The van der Waals surface area contributed by atoms with Crippen LogP contribution in [0.25, 0.3) is 0 Å². The van der Waals surface area contributed by atoms with Gasteiger partial charge in [-0.2, -0.15) is 0 Å². The molecule has 0 spiro atoms.